The van der Waals surface area contributed by atoms with Crippen LogP contribution >= 0.6 is 12.4 Å². The Labute approximate surface area is 139 Å². The summed E-state index contributed by atoms with van der Waals surface area (Å²) in [6.07, 6.45) is 3.14. The Morgan fingerprint density at radius 1 is 1.41 bits per heavy atom. The Bertz CT molecular complexity index is 441. The molecule has 1 saturated heterocycles. The van der Waals surface area contributed by atoms with Crippen molar-refractivity contribution < 1.29 is 4.79 Å². The quantitative estimate of drug-likeness (QED) is 0.844. The van der Waals surface area contributed by atoms with Crippen molar-refractivity contribution in [2.75, 3.05) is 26.2 Å². The zero-order chi connectivity index (χ0) is 15.1. The predicted molar refractivity (Wildman–Crippen MR) is 93.1 cm³/mol. The number of hydrogen-bond acceptors (Lipinski definition) is 3. The molecular formula is C17H28ClN3O. The van der Waals surface area contributed by atoms with E-state index in [0.29, 0.717) is 19.1 Å². The van der Waals surface area contributed by atoms with Gasteiger partial charge >= 0.3 is 0 Å². The van der Waals surface area contributed by atoms with Crippen LogP contribution in [0, 0.1) is 5.92 Å². The number of carbonyl (C=O) groups is 1. The molecule has 0 spiro atoms. The molecule has 1 aromatic carbocycles. The lowest BCUT2D eigenvalue weighted by Gasteiger charge is -2.37. The third-order valence-electron chi connectivity index (χ3n) is 4.28. The van der Waals surface area contributed by atoms with Crippen LogP contribution in [0.2, 0.25) is 0 Å². The summed E-state index contributed by atoms with van der Waals surface area (Å²) in [5.74, 6) is 0.260. The van der Waals surface area contributed by atoms with Crippen molar-refractivity contribution >= 4 is 18.3 Å². The summed E-state index contributed by atoms with van der Waals surface area (Å²) in [6, 6.07) is 11.0. The fourth-order valence-electron chi connectivity index (χ4n) is 3.22. The van der Waals surface area contributed by atoms with Gasteiger partial charge in [0.1, 0.15) is 0 Å². The largest absolute Gasteiger partial charge is 0.355 e. The van der Waals surface area contributed by atoms with Crippen molar-refractivity contribution in [1.82, 2.24) is 10.2 Å². The highest BCUT2D eigenvalue weighted by atomic mass is 35.5. The first kappa shape index (κ1) is 18.9. The van der Waals surface area contributed by atoms with Gasteiger partial charge in [-0.3, -0.25) is 9.69 Å². The van der Waals surface area contributed by atoms with E-state index in [1.54, 1.807) is 0 Å². The van der Waals surface area contributed by atoms with Crippen LogP contribution in [0.15, 0.2) is 30.3 Å². The van der Waals surface area contributed by atoms with Gasteiger partial charge in [-0.25, -0.2) is 0 Å². The van der Waals surface area contributed by atoms with Crippen LogP contribution in [0.1, 0.15) is 37.8 Å². The zero-order valence-corrected chi connectivity index (χ0v) is 14.1. The van der Waals surface area contributed by atoms with E-state index in [4.69, 9.17) is 5.73 Å². The number of amides is 1. The second kappa shape index (κ2) is 9.82. The van der Waals surface area contributed by atoms with Gasteiger partial charge in [0.05, 0.1) is 5.92 Å². The molecule has 0 aromatic heterocycles. The van der Waals surface area contributed by atoms with Crippen LogP contribution in [-0.4, -0.2) is 37.0 Å². The number of halogens is 1. The van der Waals surface area contributed by atoms with Gasteiger partial charge in [-0.2, -0.15) is 0 Å². The predicted octanol–water partition coefficient (Wildman–Crippen LogP) is 2.35. The van der Waals surface area contributed by atoms with E-state index in [-0.39, 0.29) is 24.2 Å². The van der Waals surface area contributed by atoms with E-state index in [1.165, 1.54) is 5.56 Å². The number of carbonyl (C=O) groups excluding carboxylic acids is 1. The molecule has 4 nitrogen and oxygen atoms in total. The van der Waals surface area contributed by atoms with Gasteiger partial charge in [0.15, 0.2) is 0 Å². The van der Waals surface area contributed by atoms with E-state index in [2.05, 4.69) is 47.5 Å². The van der Waals surface area contributed by atoms with Crippen LogP contribution in [0.25, 0.3) is 0 Å². The molecule has 5 heteroatoms. The summed E-state index contributed by atoms with van der Waals surface area (Å²) in [4.78, 5) is 14.6. The van der Waals surface area contributed by atoms with Crippen molar-refractivity contribution in [3.63, 3.8) is 0 Å². The van der Waals surface area contributed by atoms with Gasteiger partial charge in [-0.05, 0) is 31.4 Å². The SMILES string of the molecule is CCC(c1ccccc1)N1CCCC(C(=O)NCCN)C1.Cl. The highest BCUT2D eigenvalue weighted by molar-refractivity contribution is 5.85. The number of nitrogens with two attached hydrogens (primary N) is 1. The molecule has 1 fully saturated rings. The molecule has 1 heterocycles. The molecule has 0 radical (unpaired) electrons. The first-order valence-electron chi connectivity index (χ1n) is 8.03. The smallest absolute Gasteiger partial charge is 0.224 e. The molecule has 1 aromatic rings. The number of hydrogen-bond donors (Lipinski definition) is 2. The molecule has 1 aliphatic rings. The zero-order valence-electron chi connectivity index (χ0n) is 13.3. The minimum absolute atomic E-state index is 0. The van der Waals surface area contributed by atoms with Gasteiger partial charge in [0.25, 0.3) is 0 Å². The third-order valence-corrected chi connectivity index (χ3v) is 4.28. The monoisotopic (exact) mass is 325 g/mol. The fraction of sp³-hybridized carbons (Fsp3) is 0.588. The molecule has 2 rings (SSSR count). The van der Waals surface area contributed by atoms with Gasteiger partial charge in [0, 0.05) is 25.7 Å². The number of benzene rings is 1. The third kappa shape index (κ3) is 4.97. The van der Waals surface area contributed by atoms with Crippen LogP contribution in [0.4, 0.5) is 0 Å². The Balaban J connectivity index is 0.00000242. The molecular weight excluding hydrogens is 298 g/mol. The summed E-state index contributed by atoms with van der Waals surface area (Å²) >= 11 is 0. The van der Waals surface area contributed by atoms with Crippen LogP contribution in [0.3, 0.4) is 0 Å². The second-order valence-electron chi connectivity index (χ2n) is 5.75. The van der Waals surface area contributed by atoms with E-state index in [1.807, 2.05) is 0 Å². The van der Waals surface area contributed by atoms with Crippen LogP contribution in [-0.2, 0) is 4.79 Å². The van der Waals surface area contributed by atoms with Gasteiger partial charge < -0.3 is 11.1 Å². The molecule has 1 aliphatic heterocycles. The second-order valence-corrected chi connectivity index (χ2v) is 5.75. The Morgan fingerprint density at radius 3 is 2.77 bits per heavy atom. The average Bonchev–Trinajstić information content (AvgIpc) is 2.54. The number of nitrogens with zero attached hydrogens (tertiary/aromatic N) is 1. The molecule has 22 heavy (non-hydrogen) atoms. The van der Waals surface area contributed by atoms with Crippen LogP contribution in [0.5, 0.6) is 0 Å². The maximum Gasteiger partial charge on any atom is 0.224 e. The first-order valence-corrected chi connectivity index (χ1v) is 8.03. The molecule has 2 unspecified atom stereocenters. The van der Waals surface area contributed by atoms with Crippen molar-refractivity contribution in [2.45, 2.75) is 32.2 Å². The van der Waals surface area contributed by atoms with Crippen molar-refractivity contribution in [2.24, 2.45) is 11.7 Å². The number of nitrogens with one attached hydrogen (secondary N) is 1. The molecule has 0 bridgehead atoms. The maximum atomic E-state index is 12.2. The minimum Gasteiger partial charge on any atom is -0.355 e. The maximum absolute atomic E-state index is 12.2. The van der Waals surface area contributed by atoms with Crippen molar-refractivity contribution in [1.29, 1.82) is 0 Å². The van der Waals surface area contributed by atoms with E-state index < -0.39 is 0 Å². The number of rotatable bonds is 6. The van der Waals surface area contributed by atoms with E-state index in [0.717, 1.165) is 32.4 Å². The highest BCUT2D eigenvalue weighted by Crippen LogP contribution is 2.29. The van der Waals surface area contributed by atoms with Gasteiger partial charge in [-0.1, -0.05) is 37.3 Å². The molecule has 2 atom stereocenters. The molecule has 0 saturated carbocycles. The minimum atomic E-state index is 0. The summed E-state index contributed by atoms with van der Waals surface area (Å²) in [5.41, 5.74) is 6.80. The summed E-state index contributed by atoms with van der Waals surface area (Å²) in [7, 11) is 0. The number of piperidine rings is 1. The summed E-state index contributed by atoms with van der Waals surface area (Å²) in [6.45, 7) is 5.22. The molecule has 124 valence electrons. The summed E-state index contributed by atoms with van der Waals surface area (Å²) < 4.78 is 0. The lowest BCUT2D eigenvalue weighted by molar-refractivity contribution is -0.127. The average molecular weight is 326 g/mol. The Kier molecular flexibility index (Phi) is 8.46. The first-order chi connectivity index (χ1) is 10.3. The van der Waals surface area contributed by atoms with Crippen LogP contribution < -0.4 is 11.1 Å². The number of likely N-dealkylation sites (tertiary alicyclic amines) is 1. The summed E-state index contributed by atoms with van der Waals surface area (Å²) in [5, 5.41) is 2.93. The highest BCUT2D eigenvalue weighted by Gasteiger charge is 2.29. The van der Waals surface area contributed by atoms with E-state index in [9.17, 15) is 4.79 Å². The normalized spacial score (nSPS) is 20.0. The van der Waals surface area contributed by atoms with Gasteiger partial charge in [-0.15, -0.1) is 12.4 Å². The molecule has 1 amide bonds. The van der Waals surface area contributed by atoms with Gasteiger partial charge in [0.2, 0.25) is 5.91 Å². The van der Waals surface area contributed by atoms with Crippen molar-refractivity contribution in [3.05, 3.63) is 35.9 Å². The fourth-order valence-corrected chi connectivity index (χ4v) is 3.22. The van der Waals surface area contributed by atoms with Crippen molar-refractivity contribution in [3.8, 4) is 0 Å². The topological polar surface area (TPSA) is 58.4 Å². The molecule has 3 N–H and O–H groups in total. The Hall–Kier alpha value is -1.10. The lowest BCUT2D eigenvalue weighted by Crippen LogP contribution is -2.45. The lowest BCUT2D eigenvalue weighted by atomic mass is 9.93. The Morgan fingerprint density at radius 2 is 2.14 bits per heavy atom. The molecule has 0 aliphatic carbocycles. The van der Waals surface area contributed by atoms with E-state index >= 15 is 0 Å². The standard InChI is InChI=1S/C17H27N3O.ClH/c1-2-16(14-7-4-3-5-8-14)20-12-6-9-15(13-20)17(21)19-11-10-18;/h3-5,7-8,15-16H,2,6,9-13,18H2,1H3,(H,19,21);1H.